The minimum Gasteiger partial charge on any atom is -0.345 e. The number of hydrogen-bond acceptors (Lipinski definition) is 7. The van der Waals surface area contributed by atoms with Crippen molar-refractivity contribution in [2.75, 3.05) is 11.1 Å². The molecule has 0 saturated heterocycles. The van der Waals surface area contributed by atoms with Crippen molar-refractivity contribution in [1.29, 1.82) is 0 Å². The molecule has 1 heterocycles. The molecule has 0 atom stereocenters. The largest absolute Gasteiger partial charge is 0.345 e. The third-order valence-corrected chi connectivity index (χ3v) is 5.97. The fourth-order valence-corrected chi connectivity index (χ4v) is 3.93. The van der Waals surface area contributed by atoms with Gasteiger partial charge in [0.1, 0.15) is 0 Å². The van der Waals surface area contributed by atoms with Crippen LogP contribution >= 0.6 is 23.4 Å². The van der Waals surface area contributed by atoms with Crippen molar-refractivity contribution in [2.24, 2.45) is 0 Å². The van der Waals surface area contributed by atoms with Crippen LogP contribution in [0.3, 0.4) is 0 Å². The number of anilines is 1. The van der Waals surface area contributed by atoms with E-state index in [1.165, 1.54) is 12.1 Å². The minimum atomic E-state index is -0.520. The molecule has 12 heteroatoms. The Morgan fingerprint density at radius 3 is 2.74 bits per heavy atom. The summed E-state index contributed by atoms with van der Waals surface area (Å²) in [7, 11) is 0. The summed E-state index contributed by atoms with van der Waals surface area (Å²) in [6, 6.07) is 11.0. The maximum absolute atomic E-state index is 12.5. The molecule has 0 aliphatic rings. The molecule has 3 aromatic rings. The first-order valence-corrected chi connectivity index (χ1v) is 11.4. The molecule has 0 bridgehead atoms. The number of amides is 2. The van der Waals surface area contributed by atoms with Gasteiger partial charge in [-0.1, -0.05) is 47.6 Å². The molecule has 10 nitrogen and oxygen atoms in total. The van der Waals surface area contributed by atoms with E-state index in [0.29, 0.717) is 39.4 Å². The van der Waals surface area contributed by atoms with E-state index in [2.05, 4.69) is 27.4 Å². The molecule has 0 aliphatic heterocycles. The average molecular weight is 501 g/mol. The number of benzene rings is 2. The Bertz CT molecular complexity index is 1250. The second kappa shape index (κ2) is 11.4. The van der Waals surface area contributed by atoms with Crippen molar-refractivity contribution in [3.05, 3.63) is 87.2 Å². The van der Waals surface area contributed by atoms with Crippen LogP contribution in [0, 0.1) is 17.0 Å². The SMILES string of the molecule is C=CCn1c(CNC(=O)c2ccccc2Cl)nnc1SCC(=O)Nc1cc([N+](=O)[O-])ccc1C. The van der Waals surface area contributed by atoms with Gasteiger partial charge in [0.25, 0.3) is 11.6 Å². The van der Waals surface area contributed by atoms with E-state index in [-0.39, 0.29) is 29.8 Å². The van der Waals surface area contributed by atoms with Crippen LogP contribution in [0.15, 0.2) is 60.3 Å². The van der Waals surface area contributed by atoms with E-state index in [1.54, 1.807) is 47.9 Å². The second-order valence-corrected chi connectivity index (χ2v) is 8.40. The van der Waals surface area contributed by atoms with Gasteiger partial charge in [-0.05, 0) is 24.6 Å². The van der Waals surface area contributed by atoms with Gasteiger partial charge >= 0.3 is 0 Å². The van der Waals surface area contributed by atoms with E-state index >= 15 is 0 Å². The number of nitro benzene ring substituents is 1. The van der Waals surface area contributed by atoms with Gasteiger partial charge in [0.15, 0.2) is 11.0 Å². The van der Waals surface area contributed by atoms with E-state index in [9.17, 15) is 19.7 Å². The number of thioether (sulfide) groups is 1. The Kier molecular flexibility index (Phi) is 8.39. The lowest BCUT2D eigenvalue weighted by atomic mass is 10.2. The van der Waals surface area contributed by atoms with Crippen molar-refractivity contribution in [2.45, 2.75) is 25.2 Å². The lowest BCUT2D eigenvalue weighted by Crippen LogP contribution is -2.25. The summed E-state index contributed by atoms with van der Waals surface area (Å²) >= 11 is 7.21. The molecule has 0 unspecified atom stereocenters. The fourth-order valence-electron chi connectivity index (χ4n) is 2.94. The summed E-state index contributed by atoms with van der Waals surface area (Å²) in [5.41, 5.74) is 1.31. The number of aryl methyl sites for hydroxylation is 1. The minimum absolute atomic E-state index is 0.00336. The van der Waals surface area contributed by atoms with Gasteiger partial charge in [0, 0.05) is 18.7 Å². The molecular weight excluding hydrogens is 480 g/mol. The monoisotopic (exact) mass is 500 g/mol. The Labute approximate surface area is 204 Å². The van der Waals surface area contributed by atoms with Gasteiger partial charge in [-0.3, -0.25) is 19.7 Å². The lowest BCUT2D eigenvalue weighted by molar-refractivity contribution is -0.384. The van der Waals surface area contributed by atoms with E-state index < -0.39 is 4.92 Å². The van der Waals surface area contributed by atoms with Crippen LogP contribution in [0.1, 0.15) is 21.7 Å². The van der Waals surface area contributed by atoms with Crippen molar-refractivity contribution in [3.63, 3.8) is 0 Å². The molecule has 0 saturated carbocycles. The first-order valence-electron chi connectivity index (χ1n) is 10.0. The number of halogens is 1. The third kappa shape index (κ3) is 6.21. The van der Waals surface area contributed by atoms with Crippen LogP contribution in [0.25, 0.3) is 0 Å². The molecule has 2 amide bonds. The number of nitro groups is 1. The predicted octanol–water partition coefficient (Wildman–Crippen LogP) is 3.99. The van der Waals surface area contributed by atoms with Gasteiger partial charge < -0.3 is 15.2 Å². The van der Waals surface area contributed by atoms with Crippen LogP contribution < -0.4 is 10.6 Å². The number of carbonyl (C=O) groups excluding carboxylic acids is 2. The standard InChI is InChI=1S/C22H21ClN6O4S/c1-3-10-28-19(12-24-21(31)16-6-4-5-7-17(16)23)26-27-22(28)34-13-20(30)25-18-11-15(29(32)33)9-8-14(18)2/h3-9,11H,1,10,12-13H2,2H3,(H,24,31)(H,25,30). The number of nitrogens with one attached hydrogen (secondary N) is 2. The van der Waals surface area contributed by atoms with Crippen LogP contribution in [0.5, 0.6) is 0 Å². The highest BCUT2D eigenvalue weighted by Gasteiger charge is 2.17. The Balaban J connectivity index is 1.64. The van der Waals surface area contributed by atoms with Crippen LogP contribution in [-0.4, -0.2) is 37.3 Å². The van der Waals surface area contributed by atoms with E-state index in [1.807, 2.05) is 0 Å². The van der Waals surface area contributed by atoms with Gasteiger partial charge in [-0.2, -0.15) is 0 Å². The molecule has 34 heavy (non-hydrogen) atoms. The molecule has 176 valence electrons. The zero-order chi connectivity index (χ0) is 24.7. The molecule has 1 aromatic heterocycles. The molecule has 2 N–H and O–H groups in total. The molecule has 3 rings (SSSR count). The van der Waals surface area contributed by atoms with E-state index in [4.69, 9.17) is 11.6 Å². The van der Waals surface area contributed by atoms with Crippen LogP contribution in [0.2, 0.25) is 5.02 Å². The highest BCUT2D eigenvalue weighted by Crippen LogP contribution is 2.23. The number of nitrogens with zero attached hydrogens (tertiary/aromatic N) is 4. The second-order valence-electron chi connectivity index (χ2n) is 7.05. The summed E-state index contributed by atoms with van der Waals surface area (Å²) in [5, 5.41) is 25.5. The average Bonchev–Trinajstić information content (AvgIpc) is 3.19. The number of rotatable bonds is 10. The molecule has 0 spiro atoms. The zero-order valence-electron chi connectivity index (χ0n) is 18.2. The van der Waals surface area contributed by atoms with Gasteiger partial charge in [0.2, 0.25) is 5.91 Å². The first kappa shape index (κ1) is 24.9. The van der Waals surface area contributed by atoms with Crippen molar-refractivity contribution < 1.29 is 14.5 Å². The molecule has 0 fully saturated rings. The number of hydrogen-bond donors (Lipinski definition) is 2. The Morgan fingerprint density at radius 1 is 1.26 bits per heavy atom. The van der Waals surface area contributed by atoms with Gasteiger partial charge in [0.05, 0.1) is 33.5 Å². The number of aromatic nitrogens is 3. The van der Waals surface area contributed by atoms with Crippen molar-refractivity contribution in [1.82, 2.24) is 20.1 Å². The first-order chi connectivity index (χ1) is 16.3. The maximum atomic E-state index is 12.5. The summed E-state index contributed by atoms with van der Waals surface area (Å²) in [6.07, 6.45) is 1.65. The Morgan fingerprint density at radius 2 is 2.03 bits per heavy atom. The highest BCUT2D eigenvalue weighted by molar-refractivity contribution is 7.99. The normalized spacial score (nSPS) is 10.5. The number of allylic oxidation sites excluding steroid dienone is 1. The maximum Gasteiger partial charge on any atom is 0.271 e. The predicted molar refractivity (Wildman–Crippen MR) is 130 cm³/mol. The molecule has 0 aliphatic carbocycles. The van der Waals surface area contributed by atoms with Crippen LogP contribution in [-0.2, 0) is 17.9 Å². The van der Waals surface area contributed by atoms with Crippen molar-refractivity contribution >= 4 is 46.6 Å². The summed E-state index contributed by atoms with van der Waals surface area (Å²) < 4.78 is 1.73. The van der Waals surface area contributed by atoms with E-state index in [0.717, 1.165) is 11.8 Å². The summed E-state index contributed by atoms with van der Waals surface area (Å²) in [6.45, 7) is 5.95. The lowest BCUT2D eigenvalue weighted by Gasteiger charge is -2.10. The summed E-state index contributed by atoms with van der Waals surface area (Å²) in [5.74, 6) is -0.212. The number of non-ortho nitro benzene ring substituents is 1. The fraction of sp³-hybridized carbons (Fsp3) is 0.182. The smallest absolute Gasteiger partial charge is 0.271 e. The molecule has 2 aromatic carbocycles. The Hall–Kier alpha value is -3.70. The van der Waals surface area contributed by atoms with Gasteiger partial charge in [-0.15, -0.1) is 16.8 Å². The quantitative estimate of drug-likeness (QED) is 0.186. The molecular formula is C22H21ClN6O4S. The van der Waals surface area contributed by atoms with Crippen LogP contribution in [0.4, 0.5) is 11.4 Å². The van der Waals surface area contributed by atoms with Gasteiger partial charge in [-0.25, -0.2) is 0 Å². The molecule has 0 radical (unpaired) electrons. The number of carbonyl (C=O) groups is 2. The highest BCUT2D eigenvalue weighted by atomic mass is 35.5. The van der Waals surface area contributed by atoms with Crippen molar-refractivity contribution in [3.8, 4) is 0 Å². The zero-order valence-corrected chi connectivity index (χ0v) is 19.7. The summed E-state index contributed by atoms with van der Waals surface area (Å²) in [4.78, 5) is 35.3. The third-order valence-electron chi connectivity index (χ3n) is 4.67. The topological polar surface area (TPSA) is 132 Å².